The van der Waals surface area contributed by atoms with Crippen molar-refractivity contribution in [2.24, 2.45) is 22.9 Å². The summed E-state index contributed by atoms with van der Waals surface area (Å²) in [6.45, 7) is 0.537. The fourth-order valence-corrected chi connectivity index (χ4v) is 6.69. The summed E-state index contributed by atoms with van der Waals surface area (Å²) in [6.07, 6.45) is 1.24. The van der Waals surface area contributed by atoms with Crippen molar-refractivity contribution in [3.8, 4) is 11.5 Å². The van der Waals surface area contributed by atoms with Crippen LogP contribution in [-0.2, 0) is 26.3 Å². The summed E-state index contributed by atoms with van der Waals surface area (Å²) < 4.78 is 11.1. The van der Waals surface area contributed by atoms with Gasteiger partial charge in [-0.1, -0.05) is 84.9 Å². The van der Waals surface area contributed by atoms with Crippen molar-refractivity contribution in [1.82, 2.24) is 15.5 Å². The summed E-state index contributed by atoms with van der Waals surface area (Å²) in [5, 5.41) is 13.2. The van der Waals surface area contributed by atoms with Gasteiger partial charge in [0.05, 0.1) is 20.3 Å². The van der Waals surface area contributed by atoms with Crippen LogP contribution in [0.15, 0.2) is 109 Å². The Labute approximate surface area is 316 Å². The van der Waals surface area contributed by atoms with E-state index in [9.17, 15) is 9.59 Å². The van der Waals surface area contributed by atoms with E-state index in [1.165, 1.54) is 0 Å². The summed E-state index contributed by atoms with van der Waals surface area (Å²) in [6, 6.07) is 29.9. The standard InChI is InChI=1S/C41H52N8O5/c1-53-32-21-17-30(18-22-32)41(29-13-7-4-8-14-29,31-19-23-33(54-2)24-20-31)49(39(52)34(43)15-10-26-47-40(45)46)36(16-9-25-42)38(51)48-35(37(44)50)27-28-11-5-3-6-12-28/h3-8,11-14,17-24,34-36H,9-10,15-16,25-27,42-43H2,1-2H3,(H2,44,50)(H,48,51)(H4,45,46,47)/t34-,35-,36-/m0/s1. The van der Waals surface area contributed by atoms with Crippen LogP contribution in [0, 0.1) is 5.41 Å². The first-order valence-electron chi connectivity index (χ1n) is 17.9. The number of guanidine groups is 1. The zero-order valence-electron chi connectivity index (χ0n) is 30.9. The molecule has 0 aliphatic rings. The molecular weight excluding hydrogens is 685 g/mol. The predicted octanol–water partition coefficient (Wildman–Crippen LogP) is 2.74. The highest BCUT2D eigenvalue weighted by Crippen LogP contribution is 2.45. The van der Waals surface area contributed by atoms with E-state index < -0.39 is 41.4 Å². The molecule has 4 aromatic carbocycles. The van der Waals surface area contributed by atoms with Gasteiger partial charge in [0.2, 0.25) is 17.7 Å². The molecule has 0 saturated carbocycles. The lowest BCUT2D eigenvalue weighted by Gasteiger charge is -2.49. The largest absolute Gasteiger partial charge is 0.497 e. The Hall–Kier alpha value is -5.92. The summed E-state index contributed by atoms with van der Waals surface area (Å²) in [7, 11) is 3.13. The fourth-order valence-electron chi connectivity index (χ4n) is 6.69. The third-order valence-corrected chi connectivity index (χ3v) is 9.37. The number of amides is 3. The first-order valence-corrected chi connectivity index (χ1v) is 17.9. The Morgan fingerprint density at radius 1 is 0.759 bits per heavy atom. The van der Waals surface area contributed by atoms with Gasteiger partial charge in [-0.05, 0) is 78.7 Å². The van der Waals surface area contributed by atoms with Crippen LogP contribution >= 0.6 is 0 Å². The molecule has 0 aliphatic carbocycles. The molecule has 0 fully saturated rings. The molecular formula is C41H52N8O5. The molecule has 0 unspecified atom stereocenters. The third-order valence-electron chi connectivity index (χ3n) is 9.37. The van der Waals surface area contributed by atoms with E-state index in [1.54, 1.807) is 43.4 Å². The normalized spacial score (nSPS) is 12.8. The van der Waals surface area contributed by atoms with Gasteiger partial charge in [-0.3, -0.25) is 19.8 Å². The third kappa shape index (κ3) is 9.94. The Balaban J connectivity index is 2.02. The maximum absolute atomic E-state index is 15.4. The molecule has 0 spiro atoms. The second-order valence-corrected chi connectivity index (χ2v) is 12.9. The zero-order chi connectivity index (χ0) is 39.1. The lowest BCUT2D eigenvalue weighted by molar-refractivity contribution is -0.147. The minimum atomic E-state index is -1.48. The Morgan fingerprint density at radius 3 is 1.76 bits per heavy atom. The van der Waals surface area contributed by atoms with Crippen LogP contribution in [0.1, 0.15) is 47.9 Å². The highest BCUT2D eigenvalue weighted by atomic mass is 16.5. The van der Waals surface area contributed by atoms with Gasteiger partial charge in [0.15, 0.2) is 5.96 Å². The SMILES string of the molecule is COc1ccc(C(c2ccccc2)(c2ccc(OC)cc2)N(C(=O)[C@@H](N)CCCNC(=N)N)[C@@H](CCCN)C(=O)N[C@@H](Cc2ccccc2)C(N)=O)cc1. The summed E-state index contributed by atoms with van der Waals surface area (Å²) in [5.41, 5.74) is 25.5. The smallest absolute Gasteiger partial charge is 0.243 e. The van der Waals surface area contributed by atoms with Crippen LogP contribution in [0.5, 0.6) is 11.5 Å². The highest BCUT2D eigenvalue weighted by Gasteiger charge is 2.50. The molecule has 3 atom stereocenters. The number of primary amides is 1. The van der Waals surface area contributed by atoms with Crippen molar-refractivity contribution in [3.63, 3.8) is 0 Å². The zero-order valence-corrected chi connectivity index (χ0v) is 30.9. The molecule has 0 bridgehead atoms. The molecule has 286 valence electrons. The minimum Gasteiger partial charge on any atom is -0.497 e. The molecule has 0 radical (unpaired) electrons. The number of hydrogen-bond donors (Lipinski definition) is 7. The van der Waals surface area contributed by atoms with Crippen LogP contribution in [0.3, 0.4) is 0 Å². The number of rotatable bonds is 20. The number of carbonyl (C=O) groups excluding carboxylic acids is 3. The highest BCUT2D eigenvalue weighted by molar-refractivity contribution is 5.94. The van der Waals surface area contributed by atoms with Gasteiger partial charge in [-0.15, -0.1) is 0 Å². The minimum absolute atomic E-state index is 0.129. The summed E-state index contributed by atoms with van der Waals surface area (Å²) in [4.78, 5) is 44.7. The predicted molar refractivity (Wildman–Crippen MR) is 210 cm³/mol. The maximum Gasteiger partial charge on any atom is 0.243 e. The van der Waals surface area contributed by atoms with Crippen molar-refractivity contribution in [2.75, 3.05) is 27.3 Å². The number of carbonyl (C=O) groups is 3. The number of nitrogens with two attached hydrogens (primary N) is 4. The summed E-state index contributed by atoms with van der Waals surface area (Å²) >= 11 is 0. The average Bonchev–Trinajstić information content (AvgIpc) is 3.19. The number of nitrogens with zero attached hydrogens (tertiary/aromatic N) is 1. The molecule has 4 aromatic rings. The lowest BCUT2D eigenvalue weighted by Crippen LogP contribution is -2.64. The van der Waals surface area contributed by atoms with Gasteiger partial charge < -0.3 is 47.9 Å². The molecule has 4 rings (SSSR count). The van der Waals surface area contributed by atoms with Crippen molar-refractivity contribution in [1.29, 1.82) is 5.41 Å². The monoisotopic (exact) mass is 736 g/mol. The molecule has 11 N–H and O–H groups in total. The Kier molecular flexibility index (Phi) is 15.0. The average molecular weight is 737 g/mol. The van der Waals surface area contributed by atoms with Crippen LogP contribution in [-0.4, -0.2) is 74.0 Å². The topological polar surface area (TPSA) is 225 Å². The van der Waals surface area contributed by atoms with E-state index >= 15 is 4.79 Å². The number of ether oxygens (including phenoxy) is 2. The number of hydrogen-bond acceptors (Lipinski definition) is 8. The Bertz CT molecular complexity index is 1760. The Morgan fingerprint density at radius 2 is 1.28 bits per heavy atom. The van der Waals surface area contributed by atoms with Crippen LogP contribution in [0.2, 0.25) is 0 Å². The lowest BCUT2D eigenvalue weighted by atomic mass is 9.74. The van der Waals surface area contributed by atoms with Crippen LogP contribution in [0.25, 0.3) is 0 Å². The quantitative estimate of drug-likeness (QED) is 0.0306. The van der Waals surface area contributed by atoms with Gasteiger partial charge in [0.25, 0.3) is 0 Å². The van der Waals surface area contributed by atoms with Gasteiger partial charge in [0.1, 0.15) is 29.1 Å². The van der Waals surface area contributed by atoms with E-state index in [0.29, 0.717) is 47.6 Å². The van der Waals surface area contributed by atoms with Crippen molar-refractivity contribution >= 4 is 23.7 Å². The second-order valence-electron chi connectivity index (χ2n) is 12.9. The van der Waals surface area contributed by atoms with Gasteiger partial charge in [-0.25, -0.2) is 0 Å². The second kappa shape index (κ2) is 19.8. The number of nitrogens with one attached hydrogen (secondary N) is 3. The van der Waals surface area contributed by atoms with Gasteiger partial charge in [0, 0.05) is 13.0 Å². The van der Waals surface area contributed by atoms with E-state index in [0.717, 1.165) is 5.56 Å². The molecule has 54 heavy (non-hydrogen) atoms. The molecule has 0 aromatic heterocycles. The van der Waals surface area contributed by atoms with Crippen LogP contribution in [0.4, 0.5) is 0 Å². The van der Waals surface area contributed by atoms with E-state index in [2.05, 4.69) is 10.6 Å². The molecule has 3 amide bonds. The molecule has 13 nitrogen and oxygen atoms in total. The molecule has 13 heteroatoms. The van der Waals surface area contributed by atoms with Crippen molar-refractivity contribution < 1.29 is 23.9 Å². The summed E-state index contributed by atoms with van der Waals surface area (Å²) in [5.74, 6) is -0.863. The van der Waals surface area contributed by atoms with Crippen molar-refractivity contribution in [2.45, 2.75) is 55.8 Å². The van der Waals surface area contributed by atoms with Crippen LogP contribution < -0.4 is 43.0 Å². The number of benzene rings is 4. The van der Waals surface area contributed by atoms with E-state index in [4.69, 9.17) is 37.8 Å². The van der Waals surface area contributed by atoms with E-state index in [1.807, 2.05) is 84.9 Å². The fraction of sp³-hybridized carbons (Fsp3) is 0.317. The number of methoxy groups -OCH3 is 2. The molecule has 0 saturated heterocycles. The maximum atomic E-state index is 15.4. The van der Waals surface area contributed by atoms with Gasteiger partial charge >= 0.3 is 0 Å². The van der Waals surface area contributed by atoms with Crippen molar-refractivity contribution in [3.05, 3.63) is 131 Å². The first-order chi connectivity index (χ1) is 26.1. The molecule has 0 aliphatic heterocycles. The van der Waals surface area contributed by atoms with E-state index in [-0.39, 0.29) is 31.8 Å². The molecule has 0 heterocycles. The van der Waals surface area contributed by atoms with Gasteiger partial charge in [-0.2, -0.15) is 0 Å². The first kappa shape index (κ1) is 40.8.